The second-order valence-corrected chi connectivity index (χ2v) is 9.30. The normalized spacial score (nSPS) is 21.2. The van der Waals surface area contributed by atoms with E-state index in [2.05, 4.69) is 5.32 Å². The lowest BCUT2D eigenvalue weighted by Crippen LogP contribution is -2.44. The average Bonchev–Trinajstić information content (AvgIpc) is 2.78. The molecular weight excluding hydrogens is 312 g/mol. The third-order valence-electron chi connectivity index (χ3n) is 3.37. The maximum atomic E-state index is 12.8. The molecule has 1 N–H and O–H groups in total. The van der Waals surface area contributed by atoms with Gasteiger partial charge >= 0.3 is 0 Å². The number of thioether (sulfide) groups is 1. The van der Waals surface area contributed by atoms with Crippen molar-refractivity contribution >= 4 is 33.1 Å². The maximum Gasteiger partial charge on any atom is 0.244 e. The van der Waals surface area contributed by atoms with E-state index in [1.54, 1.807) is 15.6 Å². The minimum atomic E-state index is -3.34. The molecule has 114 valence electrons. The molecule has 1 aromatic rings. The van der Waals surface area contributed by atoms with E-state index in [0.29, 0.717) is 11.4 Å². The zero-order valence-corrected chi connectivity index (χ0v) is 14.6. The van der Waals surface area contributed by atoms with E-state index in [1.807, 2.05) is 38.6 Å². The molecule has 1 aromatic heterocycles. The van der Waals surface area contributed by atoms with E-state index in [4.69, 9.17) is 0 Å². The number of hydrogen-bond donors (Lipinski definition) is 1. The number of rotatable bonds is 5. The van der Waals surface area contributed by atoms with Gasteiger partial charge in [-0.3, -0.25) is 0 Å². The molecule has 4 nitrogen and oxygen atoms in total. The predicted molar refractivity (Wildman–Crippen MR) is 87.1 cm³/mol. The van der Waals surface area contributed by atoms with E-state index >= 15 is 0 Å². The summed E-state index contributed by atoms with van der Waals surface area (Å²) in [6.45, 7) is 8.18. The van der Waals surface area contributed by atoms with Gasteiger partial charge in [-0.2, -0.15) is 16.1 Å². The molecule has 1 fully saturated rings. The van der Waals surface area contributed by atoms with Crippen LogP contribution in [0.4, 0.5) is 0 Å². The Balaban J connectivity index is 2.26. The molecule has 1 unspecified atom stereocenters. The highest BCUT2D eigenvalue weighted by atomic mass is 32.2. The first kappa shape index (κ1) is 16.3. The number of hydrogen-bond acceptors (Lipinski definition) is 5. The maximum absolute atomic E-state index is 12.8. The zero-order valence-electron chi connectivity index (χ0n) is 12.2. The van der Waals surface area contributed by atoms with Gasteiger partial charge in [0.2, 0.25) is 10.0 Å². The summed E-state index contributed by atoms with van der Waals surface area (Å²) in [6, 6.07) is 1.92. The Bertz CT molecular complexity index is 554. The molecule has 2 heterocycles. The van der Waals surface area contributed by atoms with Crippen molar-refractivity contribution in [1.82, 2.24) is 9.62 Å². The Morgan fingerprint density at radius 2 is 2.25 bits per heavy atom. The van der Waals surface area contributed by atoms with Gasteiger partial charge in [-0.15, -0.1) is 11.3 Å². The van der Waals surface area contributed by atoms with Crippen molar-refractivity contribution in [3.8, 4) is 0 Å². The van der Waals surface area contributed by atoms with Crippen molar-refractivity contribution in [3.05, 3.63) is 15.8 Å². The van der Waals surface area contributed by atoms with Gasteiger partial charge in [0.15, 0.2) is 0 Å². The molecule has 0 aromatic carbocycles. The highest BCUT2D eigenvalue weighted by molar-refractivity contribution is 7.99. The van der Waals surface area contributed by atoms with Crippen molar-refractivity contribution in [2.24, 2.45) is 0 Å². The predicted octanol–water partition coefficient (Wildman–Crippen LogP) is 2.29. The highest BCUT2D eigenvalue weighted by Gasteiger charge is 2.33. The molecule has 1 aliphatic rings. The smallest absolute Gasteiger partial charge is 0.244 e. The van der Waals surface area contributed by atoms with E-state index < -0.39 is 10.0 Å². The summed E-state index contributed by atoms with van der Waals surface area (Å²) < 4.78 is 27.3. The van der Waals surface area contributed by atoms with E-state index in [9.17, 15) is 8.42 Å². The summed E-state index contributed by atoms with van der Waals surface area (Å²) in [6.07, 6.45) is 0. The van der Waals surface area contributed by atoms with Crippen LogP contribution in [0.15, 0.2) is 11.0 Å². The molecular formula is C13H22N2O2S3. The Morgan fingerprint density at radius 1 is 1.50 bits per heavy atom. The topological polar surface area (TPSA) is 49.4 Å². The first-order valence-electron chi connectivity index (χ1n) is 6.86. The molecule has 0 amide bonds. The Hall–Kier alpha value is -0.0800. The summed E-state index contributed by atoms with van der Waals surface area (Å²) >= 11 is 3.40. The van der Waals surface area contributed by atoms with Gasteiger partial charge < -0.3 is 5.32 Å². The molecule has 1 aliphatic heterocycles. The summed E-state index contributed by atoms with van der Waals surface area (Å²) in [5.74, 6) is 1.77. The third-order valence-corrected chi connectivity index (χ3v) is 7.87. The van der Waals surface area contributed by atoms with Gasteiger partial charge in [0.05, 0.1) is 4.90 Å². The standard InChI is InChI=1S/C13H22N2O2S3/c1-4-14-8-12-7-13(11(3)19-12)20(16,17)15-5-6-18-9-10(15)2/h7,10,14H,4-6,8-9H2,1-3H3. The van der Waals surface area contributed by atoms with Crippen molar-refractivity contribution in [2.75, 3.05) is 24.6 Å². The van der Waals surface area contributed by atoms with Gasteiger partial charge in [-0.1, -0.05) is 6.92 Å². The quantitative estimate of drug-likeness (QED) is 0.897. The number of nitrogens with zero attached hydrogens (tertiary/aromatic N) is 1. The summed E-state index contributed by atoms with van der Waals surface area (Å²) in [4.78, 5) is 2.47. The Kier molecular flexibility index (Phi) is 5.53. The minimum absolute atomic E-state index is 0.0790. The second-order valence-electron chi connectivity index (χ2n) is 4.95. The summed E-state index contributed by atoms with van der Waals surface area (Å²) in [5, 5.41) is 3.24. The number of nitrogens with one attached hydrogen (secondary N) is 1. The molecule has 0 spiro atoms. The van der Waals surface area contributed by atoms with Crippen LogP contribution in [-0.4, -0.2) is 43.4 Å². The molecule has 1 atom stereocenters. The fourth-order valence-corrected chi connectivity index (χ4v) is 6.74. The first-order valence-corrected chi connectivity index (χ1v) is 10.3. The largest absolute Gasteiger partial charge is 0.312 e. The molecule has 0 bridgehead atoms. The summed E-state index contributed by atoms with van der Waals surface area (Å²) in [5.41, 5.74) is 0. The van der Waals surface area contributed by atoms with Gasteiger partial charge in [0.25, 0.3) is 0 Å². The van der Waals surface area contributed by atoms with Gasteiger partial charge in [-0.25, -0.2) is 8.42 Å². The zero-order chi connectivity index (χ0) is 14.8. The van der Waals surface area contributed by atoms with Crippen molar-refractivity contribution in [3.63, 3.8) is 0 Å². The average molecular weight is 335 g/mol. The SMILES string of the molecule is CCNCc1cc(S(=O)(=O)N2CCSCC2C)c(C)s1. The van der Waals surface area contributed by atoms with Crippen LogP contribution in [0.2, 0.25) is 0 Å². The Labute approximate surface area is 130 Å². The minimum Gasteiger partial charge on any atom is -0.312 e. The number of thiophene rings is 1. The summed E-state index contributed by atoms with van der Waals surface area (Å²) in [7, 11) is -3.34. The lowest BCUT2D eigenvalue weighted by molar-refractivity contribution is 0.367. The molecule has 20 heavy (non-hydrogen) atoms. The van der Waals surface area contributed by atoms with E-state index in [0.717, 1.165) is 34.3 Å². The molecule has 7 heteroatoms. The fraction of sp³-hybridized carbons (Fsp3) is 0.692. The van der Waals surface area contributed by atoms with Crippen LogP contribution in [0, 0.1) is 6.92 Å². The molecule has 0 saturated carbocycles. The van der Waals surface area contributed by atoms with Crippen LogP contribution in [0.3, 0.4) is 0 Å². The van der Waals surface area contributed by atoms with Gasteiger partial charge in [0, 0.05) is 40.4 Å². The lowest BCUT2D eigenvalue weighted by atomic mass is 10.4. The van der Waals surface area contributed by atoms with Crippen LogP contribution >= 0.6 is 23.1 Å². The molecule has 2 rings (SSSR count). The second kappa shape index (κ2) is 6.79. The number of sulfonamides is 1. The van der Waals surface area contributed by atoms with Crippen molar-refractivity contribution in [2.45, 2.75) is 38.3 Å². The third kappa shape index (κ3) is 3.39. The van der Waals surface area contributed by atoms with Crippen LogP contribution in [0.1, 0.15) is 23.6 Å². The monoisotopic (exact) mass is 334 g/mol. The van der Waals surface area contributed by atoms with Crippen LogP contribution in [0.25, 0.3) is 0 Å². The van der Waals surface area contributed by atoms with Crippen LogP contribution in [0.5, 0.6) is 0 Å². The van der Waals surface area contributed by atoms with Gasteiger partial charge in [-0.05, 0) is 26.5 Å². The molecule has 0 radical (unpaired) electrons. The number of aryl methyl sites for hydroxylation is 1. The van der Waals surface area contributed by atoms with Crippen LogP contribution < -0.4 is 5.32 Å². The molecule has 1 saturated heterocycles. The van der Waals surface area contributed by atoms with Crippen molar-refractivity contribution in [1.29, 1.82) is 0 Å². The first-order chi connectivity index (χ1) is 9.46. The van der Waals surface area contributed by atoms with E-state index in [-0.39, 0.29) is 6.04 Å². The highest BCUT2D eigenvalue weighted by Crippen LogP contribution is 2.31. The van der Waals surface area contributed by atoms with Crippen LogP contribution in [-0.2, 0) is 16.6 Å². The van der Waals surface area contributed by atoms with Gasteiger partial charge in [0.1, 0.15) is 0 Å². The Morgan fingerprint density at radius 3 is 2.90 bits per heavy atom. The lowest BCUT2D eigenvalue weighted by Gasteiger charge is -2.31. The molecule has 0 aliphatic carbocycles. The fourth-order valence-electron chi connectivity index (χ4n) is 2.31. The van der Waals surface area contributed by atoms with Crippen molar-refractivity contribution < 1.29 is 8.42 Å². The van der Waals surface area contributed by atoms with E-state index in [1.165, 1.54) is 0 Å².